The molecule has 0 bridgehead atoms. The Bertz CT molecular complexity index is 1380. The number of fused-ring (bicyclic) bond motifs is 1. The van der Waals surface area contributed by atoms with Crippen molar-refractivity contribution in [1.82, 2.24) is 9.97 Å². The number of nitrogens with one attached hydrogen (secondary N) is 2. The van der Waals surface area contributed by atoms with Crippen LogP contribution in [0.3, 0.4) is 0 Å². The van der Waals surface area contributed by atoms with E-state index >= 15 is 0 Å². The Kier molecular flexibility index (Phi) is 6.04. The fourth-order valence-electron chi connectivity index (χ4n) is 3.12. The maximum atomic E-state index is 12.8. The van der Waals surface area contributed by atoms with Gasteiger partial charge in [0.1, 0.15) is 5.82 Å². The summed E-state index contributed by atoms with van der Waals surface area (Å²) in [4.78, 5) is 10.5. The van der Waals surface area contributed by atoms with Crippen LogP contribution in [0.15, 0.2) is 81.5 Å². The monoisotopic (exact) mass is 470 g/mol. The van der Waals surface area contributed by atoms with Gasteiger partial charge in [-0.05, 0) is 53.6 Å². The van der Waals surface area contributed by atoms with Crippen molar-refractivity contribution in [2.24, 2.45) is 0 Å². The number of hydrogen-bond donors (Lipinski definition) is 2. The van der Waals surface area contributed by atoms with Crippen LogP contribution >= 0.6 is 23.4 Å². The molecule has 0 aliphatic heterocycles. The van der Waals surface area contributed by atoms with Crippen molar-refractivity contribution < 1.29 is 8.42 Å². The van der Waals surface area contributed by atoms with Gasteiger partial charge in [-0.15, -0.1) is 0 Å². The third-order valence-corrected chi connectivity index (χ3v) is 7.32. The first-order chi connectivity index (χ1) is 14.9. The molecule has 0 unspecified atom stereocenters. The Labute approximate surface area is 190 Å². The van der Waals surface area contributed by atoms with Crippen molar-refractivity contribution >= 4 is 55.9 Å². The molecule has 3 aromatic carbocycles. The Balaban J connectivity index is 1.60. The minimum Gasteiger partial charge on any atom is -0.372 e. The molecule has 0 fully saturated rings. The van der Waals surface area contributed by atoms with Crippen LogP contribution < -0.4 is 10.0 Å². The Hall–Kier alpha value is -2.81. The summed E-state index contributed by atoms with van der Waals surface area (Å²) in [5, 5.41) is 5.79. The average molecular weight is 471 g/mol. The van der Waals surface area contributed by atoms with Crippen molar-refractivity contribution in [3.05, 3.63) is 77.4 Å². The Morgan fingerprint density at radius 1 is 1.00 bits per heavy atom. The third-order valence-electron chi connectivity index (χ3n) is 4.59. The van der Waals surface area contributed by atoms with Crippen LogP contribution in [0, 0.1) is 6.92 Å². The van der Waals surface area contributed by atoms with Gasteiger partial charge in [-0.2, -0.15) is 4.98 Å². The quantitative estimate of drug-likeness (QED) is 0.382. The molecule has 31 heavy (non-hydrogen) atoms. The molecule has 0 spiro atoms. The molecule has 6 nitrogen and oxygen atoms in total. The number of nitrogens with zero attached hydrogens (tertiary/aromatic N) is 2. The number of aromatic nitrogens is 2. The second-order valence-electron chi connectivity index (χ2n) is 6.78. The fraction of sp³-hybridized carbons (Fsp3) is 0.0909. The molecular formula is C22H19ClN4O2S2. The summed E-state index contributed by atoms with van der Waals surface area (Å²) < 4.78 is 28.0. The molecular weight excluding hydrogens is 452 g/mol. The lowest BCUT2D eigenvalue weighted by Crippen LogP contribution is -2.16. The van der Waals surface area contributed by atoms with Gasteiger partial charge in [0.15, 0.2) is 0 Å². The van der Waals surface area contributed by atoms with Crippen LogP contribution in [-0.2, 0) is 10.0 Å². The first-order valence-electron chi connectivity index (χ1n) is 9.36. The van der Waals surface area contributed by atoms with E-state index in [1.165, 1.54) is 29.3 Å². The molecule has 1 aromatic heterocycles. The van der Waals surface area contributed by atoms with Crippen LogP contribution in [0.4, 0.5) is 11.8 Å². The van der Waals surface area contributed by atoms with Gasteiger partial charge in [0, 0.05) is 23.2 Å². The van der Waals surface area contributed by atoms with E-state index in [0.717, 1.165) is 15.2 Å². The van der Waals surface area contributed by atoms with E-state index in [2.05, 4.69) is 44.3 Å². The van der Waals surface area contributed by atoms with Crippen LogP contribution in [0.2, 0.25) is 5.02 Å². The van der Waals surface area contributed by atoms with Gasteiger partial charge in [-0.3, -0.25) is 0 Å². The number of sulfonamides is 1. The predicted molar refractivity (Wildman–Crippen MR) is 127 cm³/mol. The van der Waals surface area contributed by atoms with Crippen molar-refractivity contribution in [3.8, 4) is 0 Å². The van der Waals surface area contributed by atoms with Gasteiger partial charge >= 0.3 is 0 Å². The largest absolute Gasteiger partial charge is 0.372 e. The van der Waals surface area contributed by atoms with E-state index in [0.29, 0.717) is 16.4 Å². The summed E-state index contributed by atoms with van der Waals surface area (Å²) in [5.74, 6) is 0.514. The molecule has 4 aromatic rings. The van der Waals surface area contributed by atoms with E-state index in [1.807, 2.05) is 18.2 Å². The highest BCUT2D eigenvalue weighted by Crippen LogP contribution is 2.34. The molecule has 0 aliphatic rings. The summed E-state index contributed by atoms with van der Waals surface area (Å²) in [6, 6.07) is 18.9. The zero-order chi connectivity index (χ0) is 22.0. The first kappa shape index (κ1) is 21.4. The molecule has 0 atom stereocenters. The summed E-state index contributed by atoms with van der Waals surface area (Å²) >= 11 is 7.43. The summed E-state index contributed by atoms with van der Waals surface area (Å²) in [5.41, 5.74) is 0.539. The van der Waals surface area contributed by atoms with E-state index < -0.39 is 10.0 Å². The smallest absolute Gasteiger partial charge is 0.264 e. The van der Waals surface area contributed by atoms with Crippen molar-refractivity contribution in [1.29, 1.82) is 0 Å². The molecule has 0 aliphatic carbocycles. The van der Waals surface area contributed by atoms with Gasteiger partial charge in [-0.1, -0.05) is 53.7 Å². The summed E-state index contributed by atoms with van der Waals surface area (Å²) in [6.07, 6.45) is 1.60. The van der Waals surface area contributed by atoms with Crippen LogP contribution in [-0.4, -0.2) is 25.4 Å². The SMILES string of the molecule is CNc1nc(NS(=O)(=O)c2ccc(Cl)cc2C)ncc1Sc1ccc2ccccc2c1. The molecule has 0 saturated heterocycles. The lowest BCUT2D eigenvalue weighted by atomic mass is 10.1. The zero-order valence-corrected chi connectivity index (χ0v) is 19.1. The van der Waals surface area contributed by atoms with Gasteiger partial charge in [-0.25, -0.2) is 18.1 Å². The van der Waals surface area contributed by atoms with Gasteiger partial charge in [0.2, 0.25) is 5.95 Å². The summed E-state index contributed by atoms with van der Waals surface area (Å²) in [7, 11) is -2.12. The minimum atomic E-state index is -3.85. The number of hydrogen-bond acceptors (Lipinski definition) is 6. The van der Waals surface area contributed by atoms with Crippen LogP contribution in [0.1, 0.15) is 5.56 Å². The minimum absolute atomic E-state index is 0.0124. The highest BCUT2D eigenvalue weighted by atomic mass is 35.5. The number of rotatable bonds is 6. The highest BCUT2D eigenvalue weighted by molar-refractivity contribution is 7.99. The maximum absolute atomic E-state index is 12.8. The number of aryl methyl sites for hydroxylation is 1. The molecule has 0 saturated carbocycles. The topological polar surface area (TPSA) is 84.0 Å². The molecule has 2 N–H and O–H groups in total. The van der Waals surface area contributed by atoms with E-state index in [1.54, 1.807) is 26.2 Å². The Morgan fingerprint density at radius 2 is 1.77 bits per heavy atom. The maximum Gasteiger partial charge on any atom is 0.264 e. The molecule has 4 rings (SSSR count). The first-order valence-corrected chi connectivity index (χ1v) is 12.0. The van der Waals surface area contributed by atoms with Gasteiger partial charge < -0.3 is 5.32 Å². The Morgan fingerprint density at radius 3 is 2.52 bits per heavy atom. The second kappa shape index (κ2) is 8.74. The van der Waals surface area contributed by atoms with Crippen LogP contribution in [0.25, 0.3) is 10.8 Å². The predicted octanol–water partition coefficient (Wildman–Crippen LogP) is 5.59. The fourth-order valence-corrected chi connectivity index (χ4v) is 5.45. The summed E-state index contributed by atoms with van der Waals surface area (Å²) in [6.45, 7) is 1.68. The highest BCUT2D eigenvalue weighted by Gasteiger charge is 2.19. The molecule has 0 radical (unpaired) electrons. The van der Waals surface area contributed by atoms with Crippen molar-refractivity contribution in [2.45, 2.75) is 21.6 Å². The number of anilines is 2. The molecule has 1 heterocycles. The second-order valence-corrected chi connectivity index (χ2v) is 9.99. The van der Waals surface area contributed by atoms with Gasteiger partial charge in [0.25, 0.3) is 10.0 Å². The van der Waals surface area contributed by atoms with Crippen LogP contribution in [0.5, 0.6) is 0 Å². The average Bonchev–Trinajstić information content (AvgIpc) is 2.74. The van der Waals surface area contributed by atoms with E-state index in [-0.39, 0.29) is 10.8 Å². The number of benzene rings is 3. The van der Waals surface area contributed by atoms with Crippen molar-refractivity contribution in [3.63, 3.8) is 0 Å². The lowest BCUT2D eigenvalue weighted by molar-refractivity contribution is 0.600. The van der Waals surface area contributed by atoms with E-state index in [9.17, 15) is 8.42 Å². The normalized spacial score (nSPS) is 11.5. The number of halogens is 1. The van der Waals surface area contributed by atoms with Gasteiger partial charge in [0.05, 0.1) is 9.79 Å². The molecule has 0 amide bonds. The lowest BCUT2D eigenvalue weighted by Gasteiger charge is -2.12. The third kappa shape index (κ3) is 4.76. The van der Waals surface area contributed by atoms with E-state index in [4.69, 9.17) is 11.6 Å². The van der Waals surface area contributed by atoms with Crippen molar-refractivity contribution in [2.75, 3.05) is 17.1 Å². The standard InChI is InChI=1S/C22H19ClN4O2S2/c1-14-11-17(23)8-10-20(14)31(28,29)27-22-25-13-19(21(24-2)26-22)30-18-9-7-15-5-3-4-6-16(15)12-18/h3-13H,1-2H3,(H2,24,25,26,27). The molecule has 9 heteroatoms. The molecule has 158 valence electrons. The zero-order valence-electron chi connectivity index (χ0n) is 16.8.